The molecule has 0 atom stereocenters. The van der Waals surface area contributed by atoms with Gasteiger partial charge >= 0.3 is 0 Å². The lowest BCUT2D eigenvalue weighted by atomic mass is 10.1. The van der Waals surface area contributed by atoms with E-state index in [9.17, 15) is 4.39 Å². The molecule has 1 aromatic heterocycles. The number of aromatic nitrogens is 1. The van der Waals surface area contributed by atoms with Gasteiger partial charge in [-0.3, -0.25) is 9.98 Å². The highest BCUT2D eigenvalue weighted by Gasteiger charge is 1.96. The molecule has 0 saturated heterocycles. The number of nitrogens with zero attached hydrogens (tertiary/aromatic N) is 2. The first-order chi connectivity index (χ1) is 10.2. The van der Waals surface area contributed by atoms with Crippen LogP contribution in [0.15, 0.2) is 53.7 Å². The molecule has 0 fully saturated rings. The normalized spacial score (nSPS) is 11.4. The molecule has 2 rings (SSSR count). The van der Waals surface area contributed by atoms with Gasteiger partial charge in [0.15, 0.2) is 5.96 Å². The molecule has 0 aliphatic rings. The van der Waals surface area contributed by atoms with Crippen molar-refractivity contribution >= 4 is 5.96 Å². The first kappa shape index (κ1) is 15.0. The van der Waals surface area contributed by atoms with E-state index in [1.54, 1.807) is 18.3 Å². The van der Waals surface area contributed by atoms with Gasteiger partial charge in [-0.2, -0.15) is 0 Å². The Bertz CT molecular complexity index is 567. The molecule has 2 aromatic rings. The summed E-state index contributed by atoms with van der Waals surface area (Å²) in [4.78, 5) is 8.47. The Kier molecular flexibility index (Phi) is 5.70. The lowest BCUT2D eigenvalue weighted by Gasteiger charge is -2.06. The molecule has 4 nitrogen and oxygen atoms in total. The van der Waals surface area contributed by atoms with Crippen LogP contribution in [0.1, 0.15) is 11.3 Å². The van der Waals surface area contributed by atoms with Gasteiger partial charge in [0.05, 0.1) is 0 Å². The predicted octanol–water partition coefficient (Wildman–Crippen LogP) is 1.91. The summed E-state index contributed by atoms with van der Waals surface area (Å²) in [7, 11) is 0. The van der Waals surface area contributed by atoms with Crippen LogP contribution in [0.4, 0.5) is 4.39 Å². The van der Waals surface area contributed by atoms with Crippen molar-refractivity contribution in [1.29, 1.82) is 0 Å². The Morgan fingerprint density at radius 1 is 1.14 bits per heavy atom. The van der Waals surface area contributed by atoms with Crippen molar-refractivity contribution in [2.75, 3.05) is 13.1 Å². The van der Waals surface area contributed by atoms with Crippen LogP contribution in [0, 0.1) is 5.82 Å². The first-order valence-electron chi connectivity index (χ1n) is 6.92. The molecule has 0 aliphatic carbocycles. The quantitative estimate of drug-likeness (QED) is 0.630. The average Bonchev–Trinajstić information content (AvgIpc) is 2.50. The Hall–Kier alpha value is -2.43. The third-order valence-corrected chi connectivity index (χ3v) is 3.01. The fraction of sp³-hybridized carbons (Fsp3) is 0.250. The number of guanidine groups is 1. The van der Waals surface area contributed by atoms with Gasteiger partial charge in [0.1, 0.15) is 5.82 Å². The van der Waals surface area contributed by atoms with Gasteiger partial charge in [0.25, 0.3) is 0 Å². The average molecular weight is 286 g/mol. The van der Waals surface area contributed by atoms with Crippen molar-refractivity contribution in [3.05, 3.63) is 65.7 Å². The number of nitrogens with one attached hydrogen (secondary N) is 1. The monoisotopic (exact) mass is 286 g/mol. The van der Waals surface area contributed by atoms with Crippen LogP contribution in [-0.2, 0) is 12.8 Å². The zero-order valence-corrected chi connectivity index (χ0v) is 11.8. The number of hydrogen-bond acceptors (Lipinski definition) is 2. The predicted molar refractivity (Wildman–Crippen MR) is 82.5 cm³/mol. The SMILES string of the molecule is NC(=NCCc1ccccn1)NCCc1ccc(F)cc1. The van der Waals surface area contributed by atoms with E-state index in [-0.39, 0.29) is 5.82 Å². The first-order valence-corrected chi connectivity index (χ1v) is 6.92. The van der Waals surface area contributed by atoms with Crippen LogP contribution >= 0.6 is 0 Å². The van der Waals surface area contributed by atoms with Crippen molar-refractivity contribution in [3.8, 4) is 0 Å². The second kappa shape index (κ2) is 7.99. The minimum absolute atomic E-state index is 0.220. The molecule has 0 bridgehead atoms. The number of halogens is 1. The van der Waals surface area contributed by atoms with E-state index in [4.69, 9.17) is 5.73 Å². The summed E-state index contributed by atoms with van der Waals surface area (Å²) in [6.45, 7) is 1.27. The number of rotatable bonds is 6. The molecule has 1 heterocycles. The summed E-state index contributed by atoms with van der Waals surface area (Å²) < 4.78 is 12.8. The standard InChI is InChI=1S/C16H19FN4/c17-14-6-4-13(5-7-14)8-11-20-16(18)21-12-9-15-3-1-2-10-19-15/h1-7,10H,8-9,11-12H2,(H3,18,20,21). The van der Waals surface area contributed by atoms with Crippen molar-refractivity contribution in [2.24, 2.45) is 10.7 Å². The second-order valence-electron chi connectivity index (χ2n) is 4.64. The molecule has 3 N–H and O–H groups in total. The smallest absolute Gasteiger partial charge is 0.188 e. The lowest BCUT2D eigenvalue weighted by Crippen LogP contribution is -2.33. The maximum atomic E-state index is 12.8. The number of benzene rings is 1. The minimum atomic E-state index is -0.220. The molecule has 0 aliphatic heterocycles. The molecular weight excluding hydrogens is 267 g/mol. The molecular formula is C16H19FN4. The van der Waals surface area contributed by atoms with Crippen molar-refractivity contribution in [3.63, 3.8) is 0 Å². The molecule has 21 heavy (non-hydrogen) atoms. The zero-order chi connectivity index (χ0) is 14.9. The molecule has 0 amide bonds. The van der Waals surface area contributed by atoms with Gasteiger partial charge in [0.2, 0.25) is 0 Å². The van der Waals surface area contributed by atoms with Gasteiger partial charge < -0.3 is 11.1 Å². The second-order valence-corrected chi connectivity index (χ2v) is 4.64. The Labute approximate surface area is 123 Å². The molecule has 1 aromatic carbocycles. The molecule has 5 heteroatoms. The van der Waals surface area contributed by atoms with Crippen LogP contribution in [0.2, 0.25) is 0 Å². The molecule has 0 saturated carbocycles. The molecule has 0 unspecified atom stereocenters. The zero-order valence-electron chi connectivity index (χ0n) is 11.8. The summed E-state index contributed by atoms with van der Waals surface area (Å²) in [6.07, 6.45) is 3.31. The van der Waals surface area contributed by atoms with Crippen LogP contribution in [-0.4, -0.2) is 24.0 Å². The summed E-state index contributed by atoms with van der Waals surface area (Å²) in [5.74, 6) is 0.204. The van der Waals surface area contributed by atoms with Crippen LogP contribution in [0.3, 0.4) is 0 Å². The maximum Gasteiger partial charge on any atom is 0.188 e. The van der Waals surface area contributed by atoms with Crippen molar-refractivity contribution in [1.82, 2.24) is 10.3 Å². The van der Waals surface area contributed by atoms with Gasteiger partial charge in [-0.25, -0.2) is 4.39 Å². The van der Waals surface area contributed by atoms with E-state index in [0.717, 1.165) is 24.1 Å². The lowest BCUT2D eigenvalue weighted by molar-refractivity contribution is 0.627. The highest BCUT2D eigenvalue weighted by Crippen LogP contribution is 2.02. The van der Waals surface area contributed by atoms with E-state index in [2.05, 4.69) is 15.3 Å². The van der Waals surface area contributed by atoms with Gasteiger partial charge in [0, 0.05) is 31.4 Å². The fourth-order valence-electron chi connectivity index (χ4n) is 1.88. The van der Waals surface area contributed by atoms with E-state index in [1.165, 1.54) is 12.1 Å². The van der Waals surface area contributed by atoms with Crippen LogP contribution in [0.25, 0.3) is 0 Å². The van der Waals surface area contributed by atoms with E-state index >= 15 is 0 Å². The Morgan fingerprint density at radius 3 is 2.67 bits per heavy atom. The van der Waals surface area contributed by atoms with E-state index in [0.29, 0.717) is 19.0 Å². The number of pyridine rings is 1. The maximum absolute atomic E-state index is 12.8. The molecule has 0 radical (unpaired) electrons. The topological polar surface area (TPSA) is 63.3 Å². The molecule has 0 spiro atoms. The summed E-state index contributed by atoms with van der Waals surface area (Å²) >= 11 is 0. The van der Waals surface area contributed by atoms with Gasteiger partial charge in [-0.05, 0) is 36.2 Å². The molecule has 110 valence electrons. The number of hydrogen-bond donors (Lipinski definition) is 2. The van der Waals surface area contributed by atoms with Gasteiger partial charge in [-0.15, -0.1) is 0 Å². The summed E-state index contributed by atoms with van der Waals surface area (Å²) in [6, 6.07) is 12.3. The third-order valence-electron chi connectivity index (χ3n) is 3.01. The Morgan fingerprint density at radius 2 is 1.95 bits per heavy atom. The van der Waals surface area contributed by atoms with Gasteiger partial charge in [-0.1, -0.05) is 18.2 Å². The van der Waals surface area contributed by atoms with Crippen molar-refractivity contribution < 1.29 is 4.39 Å². The summed E-state index contributed by atoms with van der Waals surface area (Å²) in [5.41, 5.74) is 7.85. The van der Waals surface area contributed by atoms with Crippen LogP contribution in [0.5, 0.6) is 0 Å². The van der Waals surface area contributed by atoms with Crippen LogP contribution < -0.4 is 11.1 Å². The van der Waals surface area contributed by atoms with E-state index in [1.807, 2.05) is 18.2 Å². The largest absolute Gasteiger partial charge is 0.370 e. The van der Waals surface area contributed by atoms with Crippen molar-refractivity contribution in [2.45, 2.75) is 12.8 Å². The highest BCUT2D eigenvalue weighted by molar-refractivity contribution is 5.77. The third kappa shape index (κ3) is 5.60. The number of aliphatic imine (C=N–C) groups is 1. The minimum Gasteiger partial charge on any atom is -0.370 e. The van der Waals surface area contributed by atoms with E-state index < -0.39 is 0 Å². The fourth-order valence-corrected chi connectivity index (χ4v) is 1.88. The highest BCUT2D eigenvalue weighted by atomic mass is 19.1. The summed E-state index contributed by atoms with van der Waals surface area (Å²) in [5, 5.41) is 3.05. The number of nitrogens with two attached hydrogens (primary N) is 1. The Balaban J connectivity index is 1.68.